The third-order valence-electron chi connectivity index (χ3n) is 2.65. The van der Waals surface area contributed by atoms with Gasteiger partial charge in [0.25, 0.3) is 0 Å². The Morgan fingerprint density at radius 1 is 1.29 bits per heavy atom. The van der Waals surface area contributed by atoms with Crippen LogP contribution in [0.15, 0.2) is 11.6 Å². The predicted octanol–water partition coefficient (Wildman–Crippen LogP) is 2.49. The first-order chi connectivity index (χ1) is 6.74. The molecule has 0 heterocycles. The number of hydrogen-bond donors (Lipinski definition) is 1. The first-order valence-electron chi connectivity index (χ1n) is 5.09. The molecule has 0 aliphatic heterocycles. The van der Waals surface area contributed by atoms with Crippen molar-refractivity contribution in [1.29, 1.82) is 5.26 Å². The summed E-state index contributed by atoms with van der Waals surface area (Å²) in [5.74, 6) is -0.806. The molecule has 3 nitrogen and oxygen atoms in total. The van der Waals surface area contributed by atoms with Gasteiger partial charge in [0, 0.05) is 0 Å². The molecule has 0 spiro atoms. The predicted molar refractivity (Wildman–Crippen MR) is 52.5 cm³/mol. The van der Waals surface area contributed by atoms with Crippen LogP contribution in [-0.4, -0.2) is 11.1 Å². The normalized spacial score (nSPS) is 19.8. The van der Waals surface area contributed by atoms with E-state index in [4.69, 9.17) is 10.4 Å². The number of carbonyl (C=O) groups is 1. The van der Waals surface area contributed by atoms with Crippen LogP contribution < -0.4 is 0 Å². The second kappa shape index (κ2) is 5.43. The lowest BCUT2D eigenvalue weighted by molar-refractivity contribution is -0.132. The van der Waals surface area contributed by atoms with Crippen LogP contribution in [0, 0.1) is 17.2 Å². The lowest BCUT2D eigenvalue weighted by atomic mass is 9.98. The highest BCUT2D eigenvalue weighted by molar-refractivity contribution is 5.90. The van der Waals surface area contributed by atoms with Crippen LogP contribution >= 0.6 is 0 Å². The molecule has 0 aromatic carbocycles. The smallest absolute Gasteiger partial charge is 0.346 e. The molecule has 1 N–H and O–H groups in total. The number of carboxylic acid groups (broad SMARTS) is 1. The van der Waals surface area contributed by atoms with Crippen molar-refractivity contribution >= 4 is 5.97 Å². The molecule has 1 saturated carbocycles. The van der Waals surface area contributed by atoms with Crippen molar-refractivity contribution in [3.63, 3.8) is 0 Å². The SMILES string of the molecule is N#CC(=CC1CCCCCC1)C(=O)O. The van der Waals surface area contributed by atoms with Crippen LogP contribution in [0.25, 0.3) is 0 Å². The van der Waals surface area contributed by atoms with Crippen molar-refractivity contribution in [2.45, 2.75) is 38.5 Å². The molecule has 0 unspecified atom stereocenters. The monoisotopic (exact) mass is 193 g/mol. The summed E-state index contributed by atoms with van der Waals surface area (Å²) in [4.78, 5) is 10.6. The van der Waals surface area contributed by atoms with E-state index in [1.165, 1.54) is 12.8 Å². The summed E-state index contributed by atoms with van der Waals surface area (Å²) in [5.41, 5.74) is -0.100. The first-order valence-corrected chi connectivity index (χ1v) is 5.09. The Balaban J connectivity index is 2.63. The average Bonchev–Trinajstić information content (AvgIpc) is 2.41. The Labute approximate surface area is 84.0 Å². The van der Waals surface area contributed by atoms with E-state index >= 15 is 0 Å². The maximum atomic E-state index is 10.6. The van der Waals surface area contributed by atoms with E-state index in [9.17, 15) is 4.79 Å². The Morgan fingerprint density at radius 2 is 1.86 bits per heavy atom. The molecule has 0 bridgehead atoms. The van der Waals surface area contributed by atoms with Gasteiger partial charge in [0.2, 0.25) is 0 Å². The largest absolute Gasteiger partial charge is 0.477 e. The van der Waals surface area contributed by atoms with E-state index in [1.54, 1.807) is 12.1 Å². The minimum Gasteiger partial charge on any atom is -0.477 e. The van der Waals surface area contributed by atoms with E-state index in [2.05, 4.69) is 0 Å². The van der Waals surface area contributed by atoms with Gasteiger partial charge < -0.3 is 5.11 Å². The topological polar surface area (TPSA) is 61.1 Å². The molecule has 0 aromatic heterocycles. The minimum atomic E-state index is -1.10. The van der Waals surface area contributed by atoms with Gasteiger partial charge in [-0.3, -0.25) is 0 Å². The Kier molecular flexibility index (Phi) is 4.18. The molecule has 1 aliphatic carbocycles. The maximum Gasteiger partial charge on any atom is 0.346 e. The van der Waals surface area contributed by atoms with Crippen LogP contribution in [0.2, 0.25) is 0 Å². The van der Waals surface area contributed by atoms with E-state index in [1.807, 2.05) is 0 Å². The van der Waals surface area contributed by atoms with Gasteiger partial charge in [-0.05, 0) is 18.8 Å². The lowest BCUT2D eigenvalue weighted by Gasteiger charge is -2.07. The van der Waals surface area contributed by atoms with Gasteiger partial charge in [0.1, 0.15) is 11.6 Å². The van der Waals surface area contributed by atoms with Crippen LogP contribution in [0.3, 0.4) is 0 Å². The van der Waals surface area contributed by atoms with Gasteiger partial charge in [0.15, 0.2) is 0 Å². The molecule has 0 aromatic rings. The number of hydrogen-bond acceptors (Lipinski definition) is 2. The fourth-order valence-corrected chi connectivity index (χ4v) is 1.87. The van der Waals surface area contributed by atoms with E-state index in [0.29, 0.717) is 5.92 Å². The zero-order valence-electron chi connectivity index (χ0n) is 8.20. The molecule has 0 amide bonds. The highest BCUT2D eigenvalue weighted by atomic mass is 16.4. The zero-order chi connectivity index (χ0) is 10.4. The number of nitriles is 1. The minimum absolute atomic E-state index is 0.100. The van der Waals surface area contributed by atoms with Crippen molar-refractivity contribution in [2.75, 3.05) is 0 Å². The third kappa shape index (κ3) is 3.21. The maximum absolute atomic E-state index is 10.6. The molecule has 1 aliphatic rings. The van der Waals surface area contributed by atoms with Gasteiger partial charge in [-0.1, -0.05) is 31.8 Å². The summed E-state index contributed by atoms with van der Waals surface area (Å²) in [7, 11) is 0. The summed E-state index contributed by atoms with van der Waals surface area (Å²) in [6.07, 6.45) is 8.46. The molecule has 14 heavy (non-hydrogen) atoms. The Bertz CT molecular complexity index is 268. The standard InChI is InChI=1S/C11H15NO2/c12-8-10(11(13)14)7-9-5-3-1-2-4-6-9/h7,9H,1-6H2,(H,13,14). The van der Waals surface area contributed by atoms with Crippen molar-refractivity contribution in [2.24, 2.45) is 5.92 Å². The van der Waals surface area contributed by atoms with Crippen molar-refractivity contribution < 1.29 is 9.90 Å². The Hall–Kier alpha value is -1.30. The molecule has 1 fully saturated rings. The van der Waals surface area contributed by atoms with Gasteiger partial charge >= 0.3 is 5.97 Å². The number of carboxylic acids is 1. The van der Waals surface area contributed by atoms with E-state index in [0.717, 1.165) is 25.7 Å². The lowest BCUT2D eigenvalue weighted by Crippen LogP contribution is -2.02. The van der Waals surface area contributed by atoms with Gasteiger partial charge in [-0.15, -0.1) is 0 Å². The van der Waals surface area contributed by atoms with Crippen molar-refractivity contribution in [1.82, 2.24) is 0 Å². The molecule has 0 atom stereocenters. The van der Waals surface area contributed by atoms with Gasteiger partial charge in [-0.2, -0.15) is 5.26 Å². The highest BCUT2D eigenvalue weighted by Gasteiger charge is 2.13. The second-order valence-electron chi connectivity index (χ2n) is 3.75. The summed E-state index contributed by atoms with van der Waals surface area (Å²) >= 11 is 0. The number of rotatable bonds is 2. The van der Waals surface area contributed by atoms with Crippen molar-refractivity contribution in [3.8, 4) is 6.07 Å². The fraction of sp³-hybridized carbons (Fsp3) is 0.636. The number of aliphatic carboxylic acids is 1. The third-order valence-corrected chi connectivity index (χ3v) is 2.65. The average molecular weight is 193 g/mol. The molecule has 1 rings (SSSR count). The van der Waals surface area contributed by atoms with Crippen LogP contribution in [0.5, 0.6) is 0 Å². The number of nitrogens with zero attached hydrogens (tertiary/aromatic N) is 1. The van der Waals surface area contributed by atoms with Crippen molar-refractivity contribution in [3.05, 3.63) is 11.6 Å². The van der Waals surface area contributed by atoms with Crippen LogP contribution in [-0.2, 0) is 4.79 Å². The molecular weight excluding hydrogens is 178 g/mol. The molecule has 0 radical (unpaired) electrons. The molecule has 3 heteroatoms. The van der Waals surface area contributed by atoms with E-state index in [-0.39, 0.29) is 5.57 Å². The fourth-order valence-electron chi connectivity index (χ4n) is 1.87. The summed E-state index contributed by atoms with van der Waals surface area (Å²) < 4.78 is 0. The second-order valence-corrected chi connectivity index (χ2v) is 3.75. The van der Waals surface area contributed by atoms with E-state index < -0.39 is 5.97 Å². The highest BCUT2D eigenvalue weighted by Crippen LogP contribution is 2.24. The quantitative estimate of drug-likeness (QED) is 0.416. The first kappa shape index (κ1) is 10.8. The molecular formula is C11H15NO2. The summed E-state index contributed by atoms with van der Waals surface area (Å²) in [5, 5.41) is 17.3. The Morgan fingerprint density at radius 3 is 2.29 bits per heavy atom. The molecule has 0 saturated heterocycles. The van der Waals surface area contributed by atoms with Crippen LogP contribution in [0.4, 0.5) is 0 Å². The molecule has 76 valence electrons. The summed E-state index contributed by atoms with van der Waals surface area (Å²) in [6, 6.07) is 1.73. The number of allylic oxidation sites excluding steroid dienone is 1. The zero-order valence-corrected chi connectivity index (χ0v) is 8.20. The van der Waals surface area contributed by atoms with Gasteiger partial charge in [-0.25, -0.2) is 4.79 Å². The summed E-state index contributed by atoms with van der Waals surface area (Å²) in [6.45, 7) is 0. The van der Waals surface area contributed by atoms with Gasteiger partial charge in [0.05, 0.1) is 0 Å². The van der Waals surface area contributed by atoms with Crippen LogP contribution in [0.1, 0.15) is 38.5 Å².